The van der Waals surface area contributed by atoms with Gasteiger partial charge in [0.2, 0.25) is 0 Å². The smallest absolute Gasteiger partial charge is 0.475 e. The van der Waals surface area contributed by atoms with Gasteiger partial charge in [0.1, 0.15) is 0 Å². The first-order valence-corrected chi connectivity index (χ1v) is 10.6. The summed E-state index contributed by atoms with van der Waals surface area (Å²) in [6, 6.07) is -0.174. The molecule has 1 aliphatic rings. The normalized spacial score (nSPS) is 22.0. The van der Waals surface area contributed by atoms with E-state index in [-0.39, 0.29) is 12.1 Å². The third-order valence-electron chi connectivity index (χ3n) is 4.91. The van der Waals surface area contributed by atoms with Crippen molar-refractivity contribution in [3.05, 3.63) is 0 Å². The van der Waals surface area contributed by atoms with E-state index in [0.29, 0.717) is 6.61 Å². The second-order valence-corrected chi connectivity index (χ2v) is 7.51. The zero-order valence-electron chi connectivity index (χ0n) is 17.1. The van der Waals surface area contributed by atoms with Crippen LogP contribution in [0, 0.1) is 0 Å². The zero-order chi connectivity index (χ0) is 21.4. The van der Waals surface area contributed by atoms with Crippen LogP contribution in [0.3, 0.4) is 0 Å². The summed E-state index contributed by atoms with van der Waals surface area (Å²) in [6.45, 7) is 2.79. The zero-order valence-corrected chi connectivity index (χ0v) is 17.1. The topological polar surface area (TPSA) is 92.8 Å². The summed E-state index contributed by atoms with van der Waals surface area (Å²) in [5, 5.41) is 16.9. The van der Waals surface area contributed by atoms with Gasteiger partial charge >= 0.3 is 12.1 Å². The van der Waals surface area contributed by atoms with E-state index in [1.54, 1.807) is 0 Å². The van der Waals surface area contributed by atoms with Gasteiger partial charge in [-0.1, -0.05) is 84.0 Å². The van der Waals surface area contributed by atoms with E-state index >= 15 is 0 Å². The molecule has 1 saturated heterocycles. The molecule has 0 aromatic carbocycles. The Morgan fingerprint density at radius 2 is 1.36 bits per heavy atom. The number of aliphatic hydroxyl groups excluding tert-OH is 1. The second kappa shape index (κ2) is 16.0. The molecule has 0 aromatic rings. The Bertz CT molecular complexity index is 394. The van der Waals surface area contributed by atoms with Gasteiger partial charge in [-0.25, -0.2) is 4.79 Å². The molecule has 4 N–H and O–H groups in total. The van der Waals surface area contributed by atoms with Gasteiger partial charge in [-0.3, -0.25) is 0 Å². The van der Waals surface area contributed by atoms with Crippen molar-refractivity contribution in [2.75, 3.05) is 6.61 Å². The Morgan fingerprint density at radius 1 is 0.964 bits per heavy atom. The van der Waals surface area contributed by atoms with E-state index in [2.05, 4.69) is 6.92 Å². The molecule has 0 spiro atoms. The molecular weight excluding hydrogens is 375 g/mol. The molecule has 0 amide bonds. The van der Waals surface area contributed by atoms with Crippen LogP contribution in [0.1, 0.15) is 90.4 Å². The fourth-order valence-corrected chi connectivity index (χ4v) is 3.15. The van der Waals surface area contributed by atoms with Gasteiger partial charge in [0.15, 0.2) is 0 Å². The number of aliphatic hydroxyl groups is 1. The van der Waals surface area contributed by atoms with E-state index in [0.717, 1.165) is 12.8 Å². The highest BCUT2D eigenvalue weighted by atomic mass is 19.4. The monoisotopic (exact) mass is 413 g/mol. The van der Waals surface area contributed by atoms with E-state index < -0.39 is 18.2 Å². The van der Waals surface area contributed by atoms with Gasteiger partial charge < -0.3 is 20.7 Å². The van der Waals surface area contributed by atoms with Crippen molar-refractivity contribution in [2.45, 2.75) is 115 Å². The average Bonchev–Trinajstić information content (AvgIpc) is 2.94. The molecule has 1 aliphatic heterocycles. The Morgan fingerprint density at radius 3 is 1.68 bits per heavy atom. The third kappa shape index (κ3) is 14.2. The van der Waals surface area contributed by atoms with Crippen molar-refractivity contribution >= 4 is 5.97 Å². The van der Waals surface area contributed by atoms with Crippen molar-refractivity contribution in [2.24, 2.45) is 5.73 Å². The minimum atomic E-state index is -5.08. The van der Waals surface area contributed by atoms with E-state index in [4.69, 9.17) is 20.4 Å². The fraction of sp³-hybridized carbons (Fsp3) is 0.950. The Labute approximate surface area is 166 Å². The number of carboxylic acids is 1. The molecule has 0 unspecified atom stereocenters. The van der Waals surface area contributed by atoms with E-state index in [9.17, 15) is 18.3 Å². The molecule has 5 nitrogen and oxygen atoms in total. The lowest BCUT2D eigenvalue weighted by atomic mass is 10.0. The minimum Gasteiger partial charge on any atom is -0.475 e. The lowest BCUT2D eigenvalue weighted by molar-refractivity contribution is -0.192. The summed E-state index contributed by atoms with van der Waals surface area (Å²) in [7, 11) is 0. The first-order chi connectivity index (χ1) is 13.2. The van der Waals surface area contributed by atoms with Crippen molar-refractivity contribution in [1.82, 2.24) is 0 Å². The Kier molecular flexibility index (Phi) is 15.5. The number of ether oxygens (including phenoxy) is 1. The van der Waals surface area contributed by atoms with Crippen LogP contribution >= 0.6 is 0 Å². The molecule has 0 radical (unpaired) electrons. The van der Waals surface area contributed by atoms with E-state index in [1.165, 1.54) is 70.6 Å². The van der Waals surface area contributed by atoms with Gasteiger partial charge in [0.05, 0.1) is 24.9 Å². The number of nitrogens with two attached hydrogens (primary N) is 1. The SMILES string of the molecule is CCCCCCCCCCCCCC[C@H]1OC[C@H](N)[C@@H]1O.O=C(O)C(F)(F)F. The van der Waals surface area contributed by atoms with Gasteiger partial charge in [0, 0.05) is 0 Å². The van der Waals surface area contributed by atoms with Gasteiger partial charge in [-0.2, -0.15) is 13.2 Å². The number of hydrogen-bond acceptors (Lipinski definition) is 4. The summed E-state index contributed by atoms with van der Waals surface area (Å²) >= 11 is 0. The lowest BCUT2D eigenvalue weighted by Gasteiger charge is -2.14. The predicted octanol–water partition coefficient (Wildman–Crippen LogP) is 4.80. The van der Waals surface area contributed by atoms with Crippen molar-refractivity contribution in [3.63, 3.8) is 0 Å². The predicted molar refractivity (Wildman–Crippen MR) is 103 cm³/mol. The van der Waals surface area contributed by atoms with Crippen LogP contribution in [-0.4, -0.2) is 47.2 Å². The maximum absolute atomic E-state index is 10.6. The molecule has 1 rings (SSSR count). The average molecular weight is 414 g/mol. The summed E-state index contributed by atoms with van der Waals surface area (Å²) < 4.78 is 37.2. The standard InChI is InChI=1S/C18H37NO2.C2HF3O2/c1-2-3-4-5-6-7-8-9-10-11-12-13-14-17-18(20)16(19)15-21-17;3-2(4,5)1(6)7/h16-18,20H,2-15,19H2,1H3;(H,6,7)/t16-,17+,18-;/m0./s1. The second-order valence-electron chi connectivity index (χ2n) is 7.51. The molecular formula is C20H38F3NO4. The number of halogens is 3. The molecule has 28 heavy (non-hydrogen) atoms. The fourth-order valence-electron chi connectivity index (χ4n) is 3.15. The van der Waals surface area contributed by atoms with Gasteiger partial charge in [-0.05, 0) is 6.42 Å². The van der Waals surface area contributed by atoms with Crippen LogP contribution in [0.5, 0.6) is 0 Å². The summed E-state index contributed by atoms with van der Waals surface area (Å²) in [6.07, 6.45) is 11.8. The minimum absolute atomic E-state index is 0.0110. The Balaban J connectivity index is 0.000000887. The maximum atomic E-state index is 10.6. The number of unbranched alkanes of at least 4 members (excludes halogenated alkanes) is 11. The van der Waals surface area contributed by atoms with Crippen LogP contribution in [0.2, 0.25) is 0 Å². The van der Waals surface area contributed by atoms with Crippen molar-refractivity contribution in [1.29, 1.82) is 0 Å². The lowest BCUT2D eigenvalue weighted by Crippen LogP contribution is -2.36. The molecule has 3 atom stereocenters. The molecule has 0 bridgehead atoms. The summed E-state index contributed by atoms with van der Waals surface area (Å²) in [4.78, 5) is 8.90. The molecule has 0 aromatic heterocycles. The Hall–Kier alpha value is -0.860. The molecule has 0 aliphatic carbocycles. The van der Waals surface area contributed by atoms with Crippen LogP contribution < -0.4 is 5.73 Å². The largest absolute Gasteiger partial charge is 0.490 e. The van der Waals surface area contributed by atoms with E-state index in [1.807, 2.05) is 0 Å². The number of carbonyl (C=O) groups is 1. The van der Waals surface area contributed by atoms with Crippen LogP contribution in [0.25, 0.3) is 0 Å². The van der Waals surface area contributed by atoms with Crippen LogP contribution in [-0.2, 0) is 9.53 Å². The number of alkyl halides is 3. The number of carboxylic acid groups (broad SMARTS) is 1. The maximum Gasteiger partial charge on any atom is 0.490 e. The van der Waals surface area contributed by atoms with Crippen LogP contribution in [0.4, 0.5) is 13.2 Å². The first kappa shape index (κ1) is 27.1. The summed E-state index contributed by atoms with van der Waals surface area (Å²) in [5.41, 5.74) is 5.73. The van der Waals surface area contributed by atoms with Crippen molar-refractivity contribution in [3.8, 4) is 0 Å². The van der Waals surface area contributed by atoms with Crippen molar-refractivity contribution < 1.29 is 32.9 Å². The quantitative estimate of drug-likeness (QED) is 0.377. The van der Waals surface area contributed by atoms with Crippen LogP contribution in [0.15, 0.2) is 0 Å². The molecule has 1 heterocycles. The molecule has 8 heteroatoms. The molecule has 0 saturated carbocycles. The number of rotatable bonds is 13. The first-order valence-electron chi connectivity index (χ1n) is 10.6. The van der Waals surface area contributed by atoms with Gasteiger partial charge in [-0.15, -0.1) is 0 Å². The molecule has 168 valence electrons. The highest BCUT2D eigenvalue weighted by Crippen LogP contribution is 2.19. The highest BCUT2D eigenvalue weighted by Gasteiger charge is 2.38. The molecule has 1 fully saturated rings. The summed E-state index contributed by atoms with van der Waals surface area (Å²) in [5.74, 6) is -2.76. The van der Waals surface area contributed by atoms with Gasteiger partial charge in [0.25, 0.3) is 0 Å². The number of hydrogen-bond donors (Lipinski definition) is 3. The number of aliphatic carboxylic acids is 1. The third-order valence-corrected chi connectivity index (χ3v) is 4.91. The highest BCUT2D eigenvalue weighted by molar-refractivity contribution is 5.73.